The Labute approximate surface area is 162 Å². The van der Waals surface area contributed by atoms with E-state index in [0.29, 0.717) is 16.6 Å². The van der Waals surface area contributed by atoms with Crippen LogP contribution in [0.4, 0.5) is 0 Å². The topological polar surface area (TPSA) is 70.0 Å². The molecule has 1 N–H and O–H groups in total. The molecule has 1 amide bonds. The first-order valence-electron chi connectivity index (χ1n) is 7.88. The van der Waals surface area contributed by atoms with Gasteiger partial charge in [0.2, 0.25) is 0 Å². The molecule has 1 unspecified atom stereocenters. The molecular weight excluding hydrogens is 414 g/mol. The lowest BCUT2D eigenvalue weighted by atomic mass is 10.1. The van der Waals surface area contributed by atoms with Gasteiger partial charge in [0.05, 0.1) is 5.36 Å². The molecule has 3 heterocycles. The second-order valence-electron chi connectivity index (χ2n) is 5.60. The van der Waals surface area contributed by atoms with Gasteiger partial charge in [0.1, 0.15) is 5.70 Å². The minimum atomic E-state index is -0.424. The molecule has 0 bridgehead atoms. The lowest BCUT2D eigenvalue weighted by Crippen LogP contribution is -2.50. The Morgan fingerprint density at radius 3 is 2.88 bits per heavy atom. The van der Waals surface area contributed by atoms with Gasteiger partial charge in [-0.1, -0.05) is 33.8 Å². The molecule has 8 heteroatoms. The zero-order valence-electron chi connectivity index (χ0n) is 13.6. The van der Waals surface area contributed by atoms with Crippen LogP contribution in [0.5, 0.6) is 0 Å². The third-order valence-electron chi connectivity index (χ3n) is 3.91. The predicted molar refractivity (Wildman–Crippen MR) is 105 cm³/mol. The van der Waals surface area contributed by atoms with Crippen LogP contribution < -0.4 is 15.9 Å². The normalized spacial score (nSPS) is 18.3. The van der Waals surface area contributed by atoms with Gasteiger partial charge in [-0.2, -0.15) is 0 Å². The number of halogens is 1. The van der Waals surface area contributed by atoms with Crippen LogP contribution in [0.15, 0.2) is 69.9 Å². The number of nitrogens with zero attached hydrogens (tertiary/aromatic N) is 4. The summed E-state index contributed by atoms with van der Waals surface area (Å²) in [4.78, 5) is 21.8. The molecule has 2 aromatic rings. The van der Waals surface area contributed by atoms with Crippen molar-refractivity contribution in [2.45, 2.75) is 6.17 Å². The van der Waals surface area contributed by atoms with Crippen molar-refractivity contribution >= 4 is 44.5 Å². The number of aromatic nitrogens is 1. The largest absolute Gasteiger partial charge is 0.298 e. The summed E-state index contributed by atoms with van der Waals surface area (Å²) in [5, 5.41) is 11.2. The highest BCUT2D eigenvalue weighted by Gasteiger charge is 2.34. The smallest absolute Gasteiger partial charge is 0.276 e. The maximum absolute atomic E-state index is 12.9. The fourth-order valence-electron chi connectivity index (χ4n) is 2.81. The van der Waals surface area contributed by atoms with Crippen molar-refractivity contribution in [3.05, 3.63) is 76.0 Å². The van der Waals surface area contributed by atoms with Crippen LogP contribution in [-0.4, -0.2) is 26.8 Å². The number of benzene rings is 1. The Bertz CT molecular complexity index is 1040. The van der Waals surface area contributed by atoms with Crippen LogP contribution in [0.25, 0.3) is 5.70 Å². The number of amidine groups is 1. The summed E-state index contributed by atoms with van der Waals surface area (Å²) in [6, 6.07) is 9.47. The molecule has 130 valence electrons. The number of nitrogens with one attached hydrogen (secondary N) is 1. The van der Waals surface area contributed by atoms with Crippen molar-refractivity contribution in [3.63, 3.8) is 0 Å². The van der Waals surface area contributed by atoms with E-state index < -0.39 is 6.17 Å². The fourth-order valence-corrected chi connectivity index (χ4v) is 3.75. The summed E-state index contributed by atoms with van der Waals surface area (Å²) in [6.45, 7) is 3.71. The molecule has 0 spiro atoms. The Balaban J connectivity index is 1.93. The van der Waals surface area contributed by atoms with Crippen LogP contribution >= 0.6 is 27.7 Å². The van der Waals surface area contributed by atoms with Crippen molar-refractivity contribution in [3.8, 4) is 0 Å². The quantitative estimate of drug-likeness (QED) is 0.759. The van der Waals surface area contributed by atoms with Crippen LogP contribution in [0.3, 0.4) is 0 Å². The van der Waals surface area contributed by atoms with E-state index in [-0.39, 0.29) is 5.91 Å². The van der Waals surface area contributed by atoms with Gasteiger partial charge in [0.15, 0.2) is 11.3 Å². The zero-order valence-corrected chi connectivity index (χ0v) is 16.0. The summed E-state index contributed by atoms with van der Waals surface area (Å²) in [5.74, 6) is 0.460. The molecule has 1 aromatic carbocycles. The highest BCUT2D eigenvalue weighted by molar-refractivity contribution is 9.10. The standard InChI is InChI=1S/C18H14BrN5OS/c1-2-9-26-18-22-17(25)15-13-10-12(19)3-4-14(13)21-16(24(15)23-18)11-5-7-20-8-6-11/h2-8,10,16H,1,9H2,(H,22,23,25). The summed E-state index contributed by atoms with van der Waals surface area (Å²) in [7, 11) is 0. The van der Waals surface area contributed by atoms with Gasteiger partial charge < -0.3 is 0 Å². The van der Waals surface area contributed by atoms with Gasteiger partial charge in [-0.25, -0.2) is 5.01 Å². The molecule has 1 atom stereocenters. The van der Waals surface area contributed by atoms with Crippen molar-refractivity contribution in [2.75, 3.05) is 5.75 Å². The molecule has 26 heavy (non-hydrogen) atoms. The number of thioether (sulfide) groups is 1. The Morgan fingerprint density at radius 1 is 1.31 bits per heavy atom. The highest BCUT2D eigenvalue weighted by Crippen LogP contribution is 2.30. The molecule has 0 aliphatic carbocycles. The second kappa shape index (κ2) is 7.05. The highest BCUT2D eigenvalue weighted by atomic mass is 79.9. The van der Waals surface area contributed by atoms with Gasteiger partial charge in [0, 0.05) is 33.4 Å². The fraction of sp³-hybridized carbons (Fsp3) is 0.111. The molecule has 6 nitrogen and oxygen atoms in total. The van der Waals surface area contributed by atoms with E-state index in [1.807, 2.05) is 30.3 Å². The number of amides is 1. The maximum Gasteiger partial charge on any atom is 0.276 e. The number of hydrogen-bond donors (Lipinski definition) is 1. The average Bonchev–Trinajstić information content (AvgIpc) is 2.66. The summed E-state index contributed by atoms with van der Waals surface area (Å²) < 4.78 is 0.880. The number of hydrazone groups is 1. The molecular formula is C18H14BrN5OS. The molecule has 0 fully saturated rings. The predicted octanol–water partition coefficient (Wildman–Crippen LogP) is 1.91. The van der Waals surface area contributed by atoms with Crippen molar-refractivity contribution < 1.29 is 4.79 Å². The van der Waals surface area contributed by atoms with E-state index in [1.165, 1.54) is 11.8 Å². The Hall–Kier alpha value is -2.45. The number of rotatable bonds is 3. The van der Waals surface area contributed by atoms with Crippen LogP contribution in [0.2, 0.25) is 0 Å². The molecule has 1 aromatic heterocycles. The number of fused-ring (bicyclic) bond motifs is 2. The van der Waals surface area contributed by atoms with Crippen molar-refractivity contribution in [1.82, 2.24) is 15.3 Å². The van der Waals surface area contributed by atoms with E-state index in [2.05, 4.69) is 37.9 Å². The van der Waals surface area contributed by atoms with Gasteiger partial charge in [-0.15, -0.1) is 11.7 Å². The lowest BCUT2D eigenvalue weighted by Gasteiger charge is -2.34. The molecule has 2 aliphatic heterocycles. The molecule has 2 aliphatic rings. The molecule has 0 saturated heterocycles. The minimum absolute atomic E-state index is 0.195. The Morgan fingerprint density at radius 2 is 2.12 bits per heavy atom. The minimum Gasteiger partial charge on any atom is -0.298 e. The van der Waals surface area contributed by atoms with Crippen LogP contribution in [0.1, 0.15) is 11.7 Å². The number of carbonyl (C=O) groups excluding carboxylic acids is 1. The summed E-state index contributed by atoms with van der Waals surface area (Å²) in [6.07, 6.45) is 4.77. The molecule has 4 rings (SSSR count). The maximum atomic E-state index is 12.9. The van der Waals surface area contributed by atoms with E-state index >= 15 is 0 Å². The third-order valence-corrected chi connectivity index (χ3v) is 5.26. The van der Waals surface area contributed by atoms with Crippen LogP contribution in [-0.2, 0) is 4.79 Å². The first kappa shape index (κ1) is 17.0. The SMILES string of the molecule is C=CCSC1=NN2C(=c3cc(Br)ccc3=NC2c2ccncc2)C(=O)N1. The van der Waals surface area contributed by atoms with Gasteiger partial charge >= 0.3 is 0 Å². The van der Waals surface area contributed by atoms with Gasteiger partial charge in [-0.05, 0) is 30.3 Å². The summed E-state index contributed by atoms with van der Waals surface area (Å²) >= 11 is 4.89. The van der Waals surface area contributed by atoms with E-state index in [4.69, 9.17) is 4.99 Å². The van der Waals surface area contributed by atoms with Gasteiger partial charge in [-0.3, -0.25) is 20.1 Å². The van der Waals surface area contributed by atoms with Gasteiger partial charge in [0.25, 0.3) is 5.91 Å². The first-order valence-corrected chi connectivity index (χ1v) is 9.66. The average molecular weight is 428 g/mol. The lowest BCUT2D eigenvalue weighted by molar-refractivity contribution is -0.116. The first-order chi connectivity index (χ1) is 12.7. The van der Waals surface area contributed by atoms with E-state index in [0.717, 1.165) is 20.6 Å². The molecule has 0 radical (unpaired) electrons. The zero-order chi connectivity index (χ0) is 18.1. The second-order valence-corrected chi connectivity index (χ2v) is 7.52. The van der Waals surface area contributed by atoms with Crippen LogP contribution in [0, 0.1) is 0 Å². The Kier molecular flexibility index (Phi) is 4.60. The third kappa shape index (κ3) is 3.06. The number of hydrogen-bond acceptors (Lipinski definition) is 6. The number of carbonyl (C=O) groups is 1. The van der Waals surface area contributed by atoms with Crippen molar-refractivity contribution in [2.24, 2.45) is 10.1 Å². The monoisotopic (exact) mass is 427 g/mol. The number of pyridine rings is 1. The summed E-state index contributed by atoms with van der Waals surface area (Å²) in [5.41, 5.74) is 1.40. The molecule has 0 saturated carbocycles. The van der Waals surface area contributed by atoms with E-state index in [9.17, 15) is 4.79 Å². The van der Waals surface area contributed by atoms with Crippen molar-refractivity contribution in [1.29, 1.82) is 0 Å². The van der Waals surface area contributed by atoms with E-state index in [1.54, 1.807) is 23.5 Å².